The molecular weight excluding hydrogens is 316 g/mol. The predicted octanol–water partition coefficient (Wildman–Crippen LogP) is 2.88. The van der Waals surface area contributed by atoms with Gasteiger partial charge in [-0.1, -0.05) is 32.1 Å². The lowest BCUT2D eigenvalue weighted by atomic mass is 9.86. The first-order valence-corrected chi connectivity index (χ1v) is 9.55. The van der Waals surface area contributed by atoms with Crippen LogP contribution in [0, 0.1) is 5.92 Å². The van der Waals surface area contributed by atoms with E-state index in [4.69, 9.17) is 4.74 Å². The standard InChI is InChI=1S/C19H30N4O2/c1-22(2)17-12-20-13-18(21-17)25-16-10-11-23(14-16)19(24)9-8-15-6-4-3-5-7-15/h12-13,15-16H,3-11,14H2,1-2H3. The van der Waals surface area contributed by atoms with Gasteiger partial charge < -0.3 is 14.5 Å². The Kier molecular flexibility index (Phi) is 6.10. The minimum absolute atomic E-state index is 0.0188. The molecule has 3 rings (SSSR count). The second-order valence-corrected chi connectivity index (χ2v) is 7.52. The minimum atomic E-state index is 0.0188. The van der Waals surface area contributed by atoms with Crippen LogP contribution in [0.4, 0.5) is 5.82 Å². The molecule has 1 amide bonds. The Balaban J connectivity index is 1.44. The Hall–Kier alpha value is -1.85. The molecule has 0 spiro atoms. The van der Waals surface area contributed by atoms with Crippen LogP contribution in [-0.4, -0.2) is 54.1 Å². The Morgan fingerprint density at radius 3 is 2.80 bits per heavy atom. The van der Waals surface area contributed by atoms with E-state index in [0.717, 1.165) is 31.1 Å². The van der Waals surface area contributed by atoms with Gasteiger partial charge in [-0.3, -0.25) is 9.78 Å². The molecule has 0 radical (unpaired) electrons. The molecule has 1 aliphatic heterocycles. The van der Waals surface area contributed by atoms with E-state index in [1.807, 2.05) is 23.9 Å². The molecule has 2 aliphatic rings. The Morgan fingerprint density at radius 1 is 1.24 bits per heavy atom. The van der Waals surface area contributed by atoms with E-state index in [-0.39, 0.29) is 12.0 Å². The van der Waals surface area contributed by atoms with E-state index in [1.165, 1.54) is 32.1 Å². The van der Waals surface area contributed by atoms with Crippen molar-refractivity contribution in [2.75, 3.05) is 32.1 Å². The third-order valence-electron chi connectivity index (χ3n) is 5.33. The van der Waals surface area contributed by atoms with Gasteiger partial charge in [0.15, 0.2) is 5.82 Å². The minimum Gasteiger partial charge on any atom is -0.471 e. The summed E-state index contributed by atoms with van der Waals surface area (Å²) in [5.41, 5.74) is 0. The summed E-state index contributed by atoms with van der Waals surface area (Å²) in [4.78, 5) is 24.9. The lowest BCUT2D eigenvalue weighted by molar-refractivity contribution is -0.130. The van der Waals surface area contributed by atoms with Crippen LogP contribution in [0.15, 0.2) is 12.4 Å². The number of hydrogen-bond acceptors (Lipinski definition) is 5. The molecule has 0 N–H and O–H groups in total. The molecule has 2 fully saturated rings. The fraction of sp³-hybridized carbons (Fsp3) is 0.737. The number of anilines is 1. The van der Waals surface area contributed by atoms with Gasteiger partial charge in [-0.15, -0.1) is 0 Å². The number of carbonyl (C=O) groups is 1. The normalized spacial score (nSPS) is 21.4. The van der Waals surface area contributed by atoms with Crippen molar-refractivity contribution in [2.24, 2.45) is 5.92 Å². The van der Waals surface area contributed by atoms with Crippen LogP contribution in [-0.2, 0) is 4.79 Å². The average molecular weight is 346 g/mol. The summed E-state index contributed by atoms with van der Waals surface area (Å²) >= 11 is 0. The van der Waals surface area contributed by atoms with Crippen LogP contribution in [0.5, 0.6) is 5.88 Å². The van der Waals surface area contributed by atoms with E-state index in [2.05, 4.69) is 9.97 Å². The molecule has 25 heavy (non-hydrogen) atoms. The molecule has 1 saturated heterocycles. The van der Waals surface area contributed by atoms with Gasteiger partial charge in [0.2, 0.25) is 11.8 Å². The van der Waals surface area contributed by atoms with Crippen LogP contribution in [0.3, 0.4) is 0 Å². The highest BCUT2D eigenvalue weighted by atomic mass is 16.5. The van der Waals surface area contributed by atoms with Crippen molar-refractivity contribution in [1.82, 2.24) is 14.9 Å². The molecule has 2 heterocycles. The number of amides is 1. The Bertz CT molecular complexity index is 572. The number of nitrogens with zero attached hydrogens (tertiary/aromatic N) is 4. The molecule has 1 unspecified atom stereocenters. The van der Waals surface area contributed by atoms with Gasteiger partial charge in [0.25, 0.3) is 0 Å². The second kappa shape index (κ2) is 8.50. The highest BCUT2D eigenvalue weighted by Crippen LogP contribution is 2.28. The van der Waals surface area contributed by atoms with Crippen LogP contribution >= 0.6 is 0 Å². The van der Waals surface area contributed by atoms with E-state index in [1.54, 1.807) is 12.4 Å². The molecule has 6 heteroatoms. The number of hydrogen-bond donors (Lipinski definition) is 0. The smallest absolute Gasteiger partial charge is 0.234 e. The predicted molar refractivity (Wildman–Crippen MR) is 97.8 cm³/mol. The first kappa shape index (κ1) is 18.0. The van der Waals surface area contributed by atoms with Crippen molar-refractivity contribution >= 4 is 11.7 Å². The van der Waals surface area contributed by atoms with Crippen molar-refractivity contribution in [2.45, 2.75) is 57.5 Å². The maximum Gasteiger partial charge on any atom is 0.234 e. The van der Waals surface area contributed by atoms with Gasteiger partial charge >= 0.3 is 0 Å². The van der Waals surface area contributed by atoms with Crippen LogP contribution < -0.4 is 9.64 Å². The first-order valence-electron chi connectivity index (χ1n) is 9.55. The van der Waals surface area contributed by atoms with Crippen LogP contribution in [0.2, 0.25) is 0 Å². The SMILES string of the molecule is CN(C)c1cncc(OC2CCN(C(=O)CCC3CCCCC3)C2)n1. The van der Waals surface area contributed by atoms with E-state index in [0.29, 0.717) is 18.8 Å². The molecule has 138 valence electrons. The van der Waals surface area contributed by atoms with E-state index < -0.39 is 0 Å². The lowest BCUT2D eigenvalue weighted by Gasteiger charge is -2.23. The third kappa shape index (κ3) is 5.06. The van der Waals surface area contributed by atoms with Crippen LogP contribution in [0.25, 0.3) is 0 Å². The molecule has 0 aromatic carbocycles. The second-order valence-electron chi connectivity index (χ2n) is 7.52. The van der Waals surface area contributed by atoms with Crippen molar-refractivity contribution in [3.8, 4) is 5.88 Å². The highest BCUT2D eigenvalue weighted by Gasteiger charge is 2.28. The summed E-state index contributed by atoms with van der Waals surface area (Å²) in [5.74, 6) is 2.35. The zero-order valence-corrected chi connectivity index (χ0v) is 15.5. The summed E-state index contributed by atoms with van der Waals surface area (Å²) in [5, 5.41) is 0. The molecule has 6 nitrogen and oxygen atoms in total. The molecule has 1 saturated carbocycles. The van der Waals surface area contributed by atoms with Gasteiger partial charge in [0, 0.05) is 33.5 Å². The fourth-order valence-electron chi connectivity index (χ4n) is 3.79. The molecule has 0 bridgehead atoms. The molecule has 1 atom stereocenters. The first-order chi connectivity index (χ1) is 12.1. The number of aromatic nitrogens is 2. The quantitative estimate of drug-likeness (QED) is 0.793. The summed E-state index contributed by atoms with van der Waals surface area (Å²) in [7, 11) is 3.85. The summed E-state index contributed by atoms with van der Waals surface area (Å²) in [6, 6.07) is 0. The maximum atomic E-state index is 12.5. The van der Waals surface area contributed by atoms with Gasteiger partial charge in [-0.2, -0.15) is 4.98 Å². The van der Waals surface area contributed by atoms with Gasteiger partial charge in [-0.25, -0.2) is 0 Å². The Labute approximate surface area is 150 Å². The zero-order valence-electron chi connectivity index (χ0n) is 15.5. The number of rotatable bonds is 6. The number of likely N-dealkylation sites (tertiary alicyclic amines) is 1. The number of carbonyl (C=O) groups excluding carboxylic acids is 1. The summed E-state index contributed by atoms with van der Waals surface area (Å²) in [6.07, 6.45) is 12.6. The fourth-order valence-corrected chi connectivity index (χ4v) is 3.79. The van der Waals surface area contributed by atoms with E-state index >= 15 is 0 Å². The van der Waals surface area contributed by atoms with Crippen molar-refractivity contribution in [3.05, 3.63) is 12.4 Å². The molecule has 1 aromatic heterocycles. The summed E-state index contributed by atoms with van der Waals surface area (Å²) in [6.45, 7) is 1.45. The summed E-state index contributed by atoms with van der Waals surface area (Å²) < 4.78 is 5.95. The van der Waals surface area contributed by atoms with E-state index in [9.17, 15) is 4.79 Å². The van der Waals surface area contributed by atoms with Crippen molar-refractivity contribution < 1.29 is 9.53 Å². The highest BCUT2D eigenvalue weighted by molar-refractivity contribution is 5.76. The molecular formula is C19H30N4O2. The largest absolute Gasteiger partial charge is 0.471 e. The molecule has 1 aliphatic carbocycles. The maximum absolute atomic E-state index is 12.5. The van der Waals surface area contributed by atoms with Crippen LogP contribution in [0.1, 0.15) is 51.4 Å². The van der Waals surface area contributed by atoms with Crippen molar-refractivity contribution in [3.63, 3.8) is 0 Å². The van der Waals surface area contributed by atoms with Crippen molar-refractivity contribution in [1.29, 1.82) is 0 Å². The monoisotopic (exact) mass is 346 g/mol. The zero-order chi connectivity index (χ0) is 17.6. The van der Waals surface area contributed by atoms with Gasteiger partial charge in [0.05, 0.1) is 18.9 Å². The van der Waals surface area contributed by atoms with Gasteiger partial charge in [0.1, 0.15) is 6.10 Å². The third-order valence-corrected chi connectivity index (χ3v) is 5.33. The average Bonchev–Trinajstić information content (AvgIpc) is 3.09. The molecule has 1 aromatic rings. The topological polar surface area (TPSA) is 58.6 Å². The lowest BCUT2D eigenvalue weighted by Crippen LogP contribution is -2.31. The number of ether oxygens (including phenoxy) is 1. The Morgan fingerprint density at radius 2 is 2.04 bits per heavy atom. The van der Waals surface area contributed by atoms with Gasteiger partial charge in [-0.05, 0) is 12.3 Å².